The summed E-state index contributed by atoms with van der Waals surface area (Å²) in [6.07, 6.45) is 6.18. The number of carbonyl (C=O) groups excluding carboxylic acids is 1. The van der Waals surface area contributed by atoms with E-state index in [2.05, 4.69) is 15.0 Å². The van der Waals surface area contributed by atoms with E-state index in [0.717, 1.165) is 31.0 Å². The molecule has 1 amide bonds. The van der Waals surface area contributed by atoms with Crippen LogP contribution in [0.4, 0.5) is 0 Å². The Balaban J connectivity index is 1.28. The maximum absolute atomic E-state index is 12.3. The fraction of sp³-hybridized carbons (Fsp3) is 0.412. The maximum Gasteiger partial charge on any atom is 0.291 e. The van der Waals surface area contributed by atoms with Gasteiger partial charge in [-0.25, -0.2) is 9.97 Å². The SMILES string of the molecule is O=C(c1ncccn1)N1CC2(C[C@@H](OCc3ccccn3)CS2)C1. The van der Waals surface area contributed by atoms with Gasteiger partial charge in [-0.15, -0.1) is 11.8 Å². The van der Waals surface area contributed by atoms with E-state index >= 15 is 0 Å². The monoisotopic (exact) mass is 342 g/mol. The number of thioether (sulfide) groups is 1. The summed E-state index contributed by atoms with van der Waals surface area (Å²) < 4.78 is 6.13. The van der Waals surface area contributed by atoms with E-state index < -0.39 is 0 Å². The first-order valence-electron chi connectivity index (χ1n) is 7.96. The molecule has 2 fully saturated rings. The summed E-state index contributed by atoms with van der Waals surface area (Å²) in [6, 6.07) is 7.56. The summed E-state index contributed by atoms with van der Waals surface area (Å²) in [6.45, 7) is 2.04. The van der Waals surface area contributed by atoms with Gasteiger partial charge < -0.3 is 9.64 Å². The molecule has 0 N–H and O–H groups in total. The normalized spacial score (nSPS) is 21.7. The van der Waals surface area contributed by atoms with Crippen LogP contribution in [-0.4, -0.2) is 55.5 Å². The van der Waals surface area contributed by atoms with E-state index in [1.165, 1.54) is 0 Å². The number of hydrogen-bond acceptors (Lipinski definition) is 6. The van der Waals surface area contributed by atoms with Crippen molar-refractivity contribution in [1.82, 2.24) is 19.9 Å². The van der Waals surface area contributed by atoms with Crippen LogP contribution in [0.1, 0.15) is 22.7 Å². The predicted molar refractivity (Wildman–Crippen MR) is 90.6 cm³/mol. The Morgan fingerprint density at radius 1 is 1.21 bits per heavy atom. The molecule has 4 heterocycles. The molecule has 7 heteroatoms. The molecule has 2 aliphatic rings. The molecule has 0 aromatic carbocycles. The van der Waals surface area contributed by atoms with Gasteiger partial charge in [0.25, 0.3) is 5.91 Å². The number of amides is 1. The molecule has 0 aliphatic carbocycles. The molecule has 4 rings (SSSR count). The van der Waals surface area contributed by atoms with Gasteiger partial charge in [0, 0.05) is 37.4 Å². The average Bonchev–Trinajstić information content (AvgIpc) is 3.04. The number of hydrogen-bond donors (Lipinski definition) is 0. The van der Waals surface area contributed by atoms with Crippen LogP contribution in [0.5, 0.6) is 0 Å². The van der Waals surface area contributed by atoms with Gasteiger partial charge in [-0.1, -0.05) is 6.07 Å². The maximum atomic E-state index is 12.3. The lowest BCUT2D eigenvalue weighted by Gasteiger charge is -2.47. The molecule has 6 nitrogen and oxygen atoms in total. The van der Waals surface area contributed by atoms with Crippen molar-refractivity contribution in [2.45, 2.75) is 23.9 Å². The molecule has 124 valence electrons. The quantitative estimate of drug-likeness (QED) is 0.844. The van der Waals surface area contributed by atoms with Gasteiger partial charge in [-0.05, 0) is 24.6 Å². The lowest BCUT2D eigenvalue weighted by atomic mass is 9.93. The van der Waals surface area contributed by atoms with Crippen molar-refractivity contribution in [2.75, 3.05) is 18.8 Å². The van der Waals surface area contributed by atoms with Crippen molar-refractivity contribution < 1.29 is 9.53 Å². The van der Waals surface area contributed by atoms with E-state index in [4.69, 9.17) is 4.74 Å². The van der Waals surface area contributed by atoms with Gasteiger partial charge in [0.1, 0.15) is 0 Å². The second kappa shape index (κ2) is 6.49. The molecule has 0 bridgehead atoms. The van der Waals surface area contributed by atoms with Gasteiger partial charge in [0.2, 0.25) is 5.82 Å². The summed E-state index contributed by atoms with van der Waals surface area (Å²) >= 11 is 1.91. The zero-order valence-electron chi connectivity index (χ0n) is 13.2. The molecular formula is C17H18N4O2S. The highest BCUT2D eigenvalue weighted by molar-refractivity contribution is 8.01. The number of nitrogens with zero attached hydrogens (tertiary/aromatic N) is 4. The number of pyridine rings is 1. The minimum Gasteiger partial charge on any atom is -0.371 e. The first-order valence-corrected chi connectivity index (χ1v) is 8.94. The summed E-state index contributed by atoms with van der Waals surface area (Å²) in [4.78, 5) is 26.5. The molecule has 1 atom stereocenters. The third-order valence-corrected chi connectivity index (χ3v) is 5.95. The molecule has 1 spiro atoms. The molecule has 24 heavy (non-hydrogen) atoms. The van der Waals surface area contributed by atoms with E-state index in [1.807, 2.05) is 34.9 Å². The van der Waals surface area contributed by atoms with Crippen LogP contribution in [0.3, 0.4) is 0 Å². The number of carbonyl (C=O) groups is 1. The van der Waals surface area contributed by atoms with E-state index in [0.29, 0.717) is 6.61 Å². The zero-order valence-corrected chi connectivity index (χ0v) is 14.0. The smallest absolute Gasteiger partial charge is 0.291 e. The van der Waals surface area contributed by atoms with Crippen molar-refractivity contribution in [3.05, 3.63) is 54.4 Å². The van der Waals surface area contributed by atoms with Gasteiger partial charge >= 0.3 is 0 Å². The van der Waals surface area contributed by atoms with Crippen LogP contribution in [0.25, 0.3) is 0 Å². The molecule has 0 unspecified atom stereocenters. The summed E-state index contributed by atoms with van der Waals surface area (Å²) in [5.41, 5.74) is 0.954. The van der Waals surface area contributed by atoms with Gasteiger partial charge in [0.05, 0.1) is 23.2 Å². The van der Waals surface area contributed by atoms with Gasteiger partial charge in [0.15, 0.2) is 0 Å². The molecule has 2 aliphatic heterocycles. The number of rotatable bonds is 4. The molecule has 0 radical (unpaired) electrons. The number of ether oxygens (including phenoxy) is 1. The highest BCUT2D eigenvalue weighted by atomic mass is 32.2. The Hall–Kier alpha value is -1.99. The van der Waals surface area contributed by atoms with Crippen molar-refractivity contribution in [3.63, 3.8) is 0 Å². The fourth-order valence-electron chi connectivity index (χ4n) is 3.16. The molecule has 2 aromatic rings. The molecule has 2 aromatic heterocycles. The molecule has 2 saturated heterocycles. The Labute approximate surface area is 144 Å². The fourth-order valence-corrected chi connectivity index (χ4v) is 4.71. The first-order chi connectivity index (χ1) is 11.7. The van der Waals surface area contributed by atoms with Crippen LogP contribution in [0, 0.1) is 0 Å². The standard InChI is InChI=1S/C17H18N4O2S/c22-16(15-19-6-3-7-20-15)21-11-17(12-21)8-14(10-24-17)23-9-13-4-1-2-5-18-13/h1-7,14H,8-12H2/t14-/m1/s1. The van der Waals surface area contributed by atoms with Crippen molar-refractivity contribution in [1.29, 1.82) is 0 Å². The van der Waals surface area contributed by atoms with Crippen molar-refractivity contribution >= 4 is 17.7 Å². The average molecular weight is 342 g/mol. The first kappa shape index (κ1) is 15.5. The van der Waals surface area contributed by atoms with Crippen molar-refractivity contribution in [3.8, 4) is 0 Å². The third kappa shape index (κ3) is 3.14. The van der Waals surface area contributed by atoms with E-state index in [9.17, 15) is 4.79 Å². The van der Waals surface area contributed by atoms with Gasteiger partial charge in [-0.3, -0.25) is 9.78 Å². The minimum absolute atomic E-state index is 0.0836. The summed E-state index contributed by atoms with van der Waals surface area (Å²) in [7, 11) is 0. The van der Waals surface area contributed by atoms with E-state index in [1.54, 1.807) is 24.7 Å². The Morgan fingerprint density at radius 2 is 2.00 bits per heavy atom. The van der Waals surface area contributed by atoms with Crippen LogP contribution in [0.15, 0.2) is 42.9 Å². The van der Waals surface area contributed by atoms with Gasteiger partial charge in [-0.2, -0.15) is 0 Å². The lowest BCUT2D eigenvalue weighted by Crippen LogP contribution is -2.61. The highest BCUT2D eigenvalue weighted by Crippen LogP contribution is 2.46. The summed E-state index contributed by atoms with van der Waals surface area (Å²) in [5.74, 6) is 1.16. The van der Waals surface area contributed by atoms with Crippen LogP contribution in [-0.2, 0) is 11.3 Å². The summed E-state index contributed by atoms with van der Waals surface area (Å²) in [5, 5.41) is 0. The molecule has 0 saturated carbocycles. The second-order valence-corrected chi connectivity index (χ2v) is 7.67. The topological polar surface area (TPSA) is 68.2 Å². The Kier molecular flexibility index (Phi) is 4.20. The zero-order chi connectivity index (χ0) is 16.4. The Bertz CT molecular complexity index is 707. The van der Waals surface area contributed by atoms with Crippen LogP contribution in [0.2, 0.25) is 0 Å². The Morgan fingerprint density at radius 3 is 2.75 bits per heavy atom. The van der Waals surface area contributed by atoms with Crippen LogP contribution < -0.4 is 0 Å². The minimum atomic E-state index is -0.0836. The number of aromatic nitrogens is 3. The van der Waals surface area contributed by atoms with Crippen molar-refractivity contribution in [2.24, 2.45) is 0 Å². The number of likely N-dealkylation sites (tertiary alicyclic amines) is 1. The van der Waals surface area contributed by atoms with E-state index in [-0.39, 0.29) is 22.6 Å². The highest BCUT2D eigenvalue weighted by Gasteiger charge is 2.51. The largest absolute Gasteiger partial charge is 0.371 e. The third-order valence-electron chi connectivity index (χ3n) is 4.37. The predicted octanol–water partition coefficient (Wildman–Crippen LogP) is 1.79. The lowest BCUT2D eigenvalue weighted by molar-refractivity contribution is 0.0240. The van der Waals surface area contributed by atoms with Crippen LogP contribution >= 0.6 is 11.8 Å². The molecular weight excluding hydrogens is 324 g/mol. The second-order valence-electron chi connectivity index (χ2n) is 6.19.